The van der Waals surface area contributed by atoms with Gasteiger partial charge in [-0.2, -0.15) is 17.6 Å². The summed E-state index contributed by atoms with van der Waals surface area (Å²) in [6, 6.07) is 0. The van der Waals surface area contributed by atoms with Gasteiger partial charge in [0.15, 0.2) is 0 Å². The average Bonchev–Trinajstić information content (AvgIpc) is 2.03. The molecule has 66 valence electrons. The molecule has 1 saturated heterocycles. The van der Waals surface area contributed by atoms with E-state index in [1.165, 1.54) is 0 Å². The molecule has 1 aliphatic rings. The highest BCUT2D eigenvalue weighted by Gasteiger charge is 2.62. The van der Waals surface area contributed by atoms with Crippen molar-refractivity contribution in [3.05, 3.63) is 0 Å². The van der Waals surface area contributed by atoms with Crippen molar-refractivity contribution < 1.29 is 17.6 Å². The fourth-order valence-electron chi connectivity index (χ4n) is 1.07. The standard InChI is InChI=1S/C6H9F4N/c1-2-11-3-5(7,8)6(9,10)4-11/h2-4H2,1H3. The Bertz CT molecular complexity index is 141. The number of halogens is 4. The smallest absolute Gasteiger partial charge is 0.291 e. The maximum Gasteiger partial charge on any atom is 0.323 e. The zero-order valence-electron chi connectivity index (χ0n) is 6.08. The third kappa shape index (κ3) is 1.34. The van der Waals surface area contributed by atoms with Gasteiger partial charge in [0.25, 0.3) is 0 Å². The number of hydrogen-bond donors (Lipinski definition) is 0. The summed E-state index contributed by atoms with van der Waals surface area (Å²) in [5, 5.41) is 0. The van der Waals surface area contributed by atoms with Gasteiger partial charge in [0.2, 0.25) is 0 Å². The minimum absolute atomic E-state index is 0.241. The first-order chi connectivity index (χ1) is 4.89. The largest absolute Gasteiger partial charge is 0.323 e. The molecule has 0 saturated carbocycles. The van der Waals surface area contributed by atoms with Gasteiger partial charge in [-0.1, -0.05) is 6.92 Å². The molecule has 1 heterocycles. The van der Waals surface area contributed by atoms with Crippen LogP contribution in [0.15, 0.2) is 0 Å². The number of rotatable bonds is 1. The molecule has 0 aromatic carbocycles. The molecule has 1 nitrogen and oxygen atoms in total. The van der Waals surface area contributed by atoms with Crippen LogP contribution in [0.5, 0.6) is 0 Å². The molecule has 0 unspecified atom stereocenters. The summed E-state index contributed by atoms with van der Waals surface area (Å²) in [7, 11) is 0. The first-order valence-electron chi connectivity index (χ1n) is 3.37. The summed E-state index contributed by atoms with van der Waals surface area (Å²) in [5.74, 6) is -7.69. The lowest BCUT2D eigenvalue weighted by Crippen LogP contribution is -2.38. The van der Waals surface area contributed by atoms with Crippen LogP contribution in [-0.2, 0) is 0 Å². The summed E-state index contributed by atoms with van der Waals surface area (Å²) >= 11 is 0. The van der Waals surface area contributed by atoms with Gasteiger partial charge >= 0.3 is 11.8 Å². The molecule has 0 atom stereocenters. The minimum Gasteiger partial charge on any atom is -0.291 e. The van der Waals surface area contributed by atoms with Crippen LogP contribution in [0.4, 0.5) is 17.6 Å². The molecule has 0 spiro atoms. The Labute approximate surface area is 62.0 Å². The summed E-state index contributed by atoms with van der Waals surface area (Å²) in [4.78, 5) is 1.04. The number of hydrogen-bond acceptors (Lipinski definition) is 1. The predicted molar refractivity (Wildman–Crippen MR) is 32.0 cm³/mol. The lowest BCUT2D eigenvalue weighted by molar-refractivity contribution is -0.172. The van der Waals surface area contributed by atoms with Crippen molar-refractivity contribution in [3.8, 4) is 0 Å². The predicted octanol–water partition coefficient (Wildman–Crippen LogP) is 1.59. The van der Waals surface area contributed by atoms with E-state index in [1.54, 1.807) is 6.92 Å². The Morgan fingerprint density at radius 1 is 1.09 bits per heavy atom. The summed E-state index contributed by atoms with van der Waals surface area (Å²) < 4.78 is 49.5. The van der Waals surface area contributed by atoms with Gasteiger partial charge in [-0.05, 0) is 6.54 Å². The SMILES string of the molecule is CCN1CC(F)(F)C(F)(F)C1. The van der Waals surface area contributed by atoms with Crippen molar-refractivity contribution in [3.63, 3.8) is 0 Å². The highest BCUT2D eigenvalue weighted by molar-refractivity contribution is 4.96. The topological polar surface area (TPSA) is 3.24 Å². The van der Waals surface area contributed by atoms with Crippen molar-refractivity contribution in [2.24, 2.45) is 0 Å². The summed E-state index contributed by atoms with van der Waals surface area (Å²) in [6.45, 7) is 0.176. The maximum atomic E-state index is 12.4. The highest BCUT2D eigenvalue weighted by atomic mass is 19.3. The Kier molecular flexibility index (Phi) is 1.86. The van der Waals surface area contributed by atoms with Crippen molar-refractivity contribution in [2.45, 2.75) is 18.8 Å². The third-order valence-electron chi connectivity index (χ3n) is 1.83. The molecule has 0 N–H and O–H groups in total. The van der Waals surface area contributed by atoms with E-state index in [1.807, 2.05) is 0 Å². The fourth-order valence-corrected chi connectivity index (χ4v) is 1.07. The molecule has 0 radical (unpaired) electrons. The molecule has 11 heavy (non-hydrogen) atoms. The van der Waals surface area contributed by atoms with Gasteiger partial charge in [0.05, 0.1) is 13.1 Å². The quantitative estimate of drug-likeness (QED) is 0.541. The zero-order chi connectivity index (χ0) is 8.70. The first-order valence-corrected chi connectivity index (χ1v) is 3.37. The number of nitrogens with zero attached hydrogens (tertiary/aromatic N) is 1. The van der Waals surface area contributed by atoms with Crippen molar-refractivity contribution in [1.82, 2.24) is 4.90 Å². The molecule has 5 heteroatoms. The highest BCUT2D eigenvalue weighted by Crippen LogP contribution is 2.40. The minimum atomic E-state index is -3.84. The molecule has 1 fully saturated rings. The van der Waals surface area contributed by atoms with Crippen molar-refractivity contribution in [2.75, 3.05) is 19.6 Å². The van der Waals surface area contributed by atoms with E-state index in [4.69, 9.17) is 0 Å². The normalized spacial score (nSPS) is 29.2. The van der Waals surface area contributed by atoms with Crippen molar-refractivity contribution >= 4 is 0 Å². The molecule has 0 amide bonds. The van der Waals surface area contributed by atoms with E-state index in [0.29, 0.717) is 0 Å². The van der Waals surface area contributed by atoms with E-state index in [2.05, 4.69) is 0 Å². The van der Waals surface area contributed by atoms with Crippen LogP contribution in [0.2, 0.25) is 0 Å². The Balaban J connectivity index is 2.72. The second-order valence-corrected chi connectivity index (χ2v) is 2.71. The Hall–Kier alpha value is -0.320. The summed E-state index contributed by atoms with van der Waals surface area (Å²) in [5.41, 5.74) is 0. The fraction of sp³-hybridized carbons (Fsp3) is 1.00. The molecule has 0 bridgehead atoms. The molecule has 0 aromatic rings. The Morgan fingerprint density at radius 2 is 1.45 bits per heavy atom. The van der Waals surface area contributed by atoms with Gasteiger partial charge in [-0.15, -0.1) is 0 Å². The van der Waals surface area contributed by atoms with Crippen LogP contribution < -0.4 is 0 Å². The van der Waals surface area contributed by atoms with Gasteiger partial charge in [0.1, 0.15) is 0 Å². The van der Waals surface area contributed by atoms with Crippen LogP contribution in [0, 0.1) is 0 Å². The maximum absolute atomic E-state index is 12.4. The third-order valence-corrected chi connectivity index (χ3v) is 1.83. The Morgan fingerprint density at radius 3 is 1.64 bits per heavy atom. The molecular weight excluding hydrogens is 162 g/mol. The average molecular weight is 171 g/mol. The van der Waals surface area contributed by atoms with Crippen LogP contribution in [0.25, 0.3) is 0 Å². The van der Waals surface area contributed by atoms with E-state index in [0.717, 1.165) is 4.90 Å². The van der Waals surface area contributed by atoms with E-state index >= 15 is 0 Å². The second-order valence-electron chi connectivity index (χ2n) is 2.71. The van der Waals surface area contributed by atoms with Crippen LogP contribution in [0.3, 0.4) is 0 Å². The van der Waals surface area contributed by atoms with E-state index in [9.17, 15) is 17.6 Å². The summed E-state index contributed by atoms with van der Waals surface area (Å²) in [6.07, 6.45) is 0. The van der Waals surface area contributed by atoms with Gasteiger partial charge < -0.3 is 0 Å². The monoisotopic (exact) mass is 171 g/mol. The molecule has 1 rings (SSSR count). The van der Waals surface area contributed by atoms with Gasteiger partial charge in [-0.25, -0.2) is 0 Å². The molecule has 0 aromatic heterocycles. The second kappa shape index (κ2) is 2.33. The number of likely N-dealkylation sites (tertiary alicyclic amines) is 1. The lowest BCUT2D eigenvalue weighted by atomic mass is 10.2. The van der Waals surface area contributed by atoms with Crippen LogP contribution >= 0.6 is 0 Å². The van der Waals surface area contributed by atoms with Crippen molar-refractivity contribution in [1.29, 1.82) is 0 Å². The van der Waals surface area contributed by atoms with Gasteiger partial charge in [-0.3, -0.25) is 4.90 Å². The zero-order valence-corrected chi connectivity index (χ0v) is 6.08. The molecule has 1 aliphatic heterocycles. The molecule has 0 aliphatic carbocycles. The number of alkyl halides is 4. The van der Waals surface area contributed by atoms with E-state index < -0.39 is 24.9 Å². The van der Waals surface area contributed by atoms with Crippen LogP contribution in [0.1, 0.15) is 6.92 Å². The van der Waals surface area contributed by atoms with E-state index in [-0.39, 0.29) is 6.54 Å². The first kappa shape index (κ1) is 8.77. The van der Waals surface area contributed by atoms with Crippen LogP contribution in [-0.4, -0.2) is 36.4 Å². The van der Waals surface area contributed by atoms with Gasteiger partial charge in [0, 0.05) is 0 Å². The lowest BCUT2D eigenvalue weighted by Gasteiger charge is -2.15. The molecular formula is C6H9F4N.